The van der Waals surface area contributed by atoms with Crippen LogP contribution in [0.5, 0.6) is 0 Å². The van der Waals surface area contributed by atoms with Crippen molar-refractivity contribution in [3.05, 3.63) is 11.1 Å². The van der Waals surface area contributed by atoms with Gasteiger partial charge < -0.3 is 23.7 Å². The van der Waals surface area contributed by atoms with Crippen molar-refractivity contribution >= 4 is 29.7 Å². The standard InChI is InChI=1S/C40H62O10/c1-13-46-22-33(45)50-37(8,9)35(49-26(5)43)30(48-25(4)42)20-23(2)27-14-18-39(11)28(27)21-29(47-24(3)41)34-38(10)17-16-32(44)36(6,7)31(38)15-19-40(34,39)12/h23,29-31,34-35H,13-22H2,1-12H3/t23-,29+,30+,31+,34+,35-,38+,39+,40+/m1/s1. The van der Waals surface area contributed by atoms with Gasteiger partial charge in [0, 0.05) is 51.6 Å². The molecule has 10 nitrogen and oxygen atoms in total. The van der Waals surface area contributed by atoms with Crippen LogP contribution in [0.1, 0.15) is 134 Å². The Balaban J connectivity index is 1.74. The lowest BCUT2D eigenvalue weighted by Crippen LogP contribution is -2.66. The number of Topliss-reactive ketones (excluding diaryl/α,β-unsaturated/α-hetero) is 1. The van der Waals surface area contributed by atoms with E-state index in [1.165, 1.54) is 31.9 Å². The van der Waals surface area contributed by atoms with Crippen LogP contribution in [-0.2, 0) is 47.7 Å². The van der Waals surface area contributed by atoms with E-state index < -0.39 is 41.1 Å². The fourth-order valence-corrected chi connectivity index (χ4v) is 11.3. The zero-order valence-corrected chi connectivity index (χ0v) is 32.6. The van der Waals surface area contributed by atoms with E-state index in [0.29, 0.717) is 31.7 Å². The van der Waals surface area contributed by atoms with Crippen LogP contribution >= 0.6 is 0 Å². The molecule has 0 N–H and O–H groups in total. The van der Waals surface area contributed by atoms with Gasteiger partial charge in [-0.15, -0.1) is 0 Å². The number of esters is 4. The Morgan fingerprint density at radius 1 is 0.900 bits per heavy atom. The smallest absolute Gasteiger partial charge is 0.332 e. The predicted octanol–water partition coefficient (Wildman–Crippen LogP) is 7.09. The number of carbonyl (C=O) groups excluding carboxylic acids is 5. The summed E-state index contributed by atoms with van der Waals surface area (Å²) in [6, 6.07) is 0. The van der Waals surface area contributed by atoms with E-state index >= 15 is 0 Å². The average molecular weight is 703 g/mol. The monoisotopic (exact) mass is 702 g/mol. The molecule has 4 rings (SSSR count). The van der Waals surface area contributed by atoms with Gasteiger partial charge in [-0.25, -0.2) is 4.79 Å². The van der Waals surface area contributed by atoms with Gasteiger partial charge in [0.15, 0.2) is 6.10 Å². The number of rotatable bonds is 12. The summed E-state index contributed by atoms with van der Waals surface area (Å²) in [5.41, 5.74) is 0.259. The van der Waals surface area contributed by atoms with Gasteiger partial charge in [0.05, 0.1) is 0 Å². The summed E-state index contributed by atoms with van der Waals surface area (Å²) in [5, 5.41) is 0. The molecule has 0 aromatic rings. The first-order valence-corrected chi connectivity index (χ1v) is 18.6. The lowest BCUT2D eigenvalue weighted by Gasteiger charge is -2.69. The number of allylic oxidation sites excluding steroid dienone is 1. The summed E-state index contributed by atoms with van der Waals surface area (Å²) < 4.78 is 28.9. The van der Waals surface area contributed by atoms with Crippen molar-refractivity contribution in [3.8, 4) is 0 Å². The van der Waals surface area contributed by atoms with Crippen LogP contribution in [0, 0.1) is 39.4 Å². The lowest BCUT2D eigenvalue weighted by atomic mass is 9.36. The highest BCUT2D eigenvalue weighted by molar-refractivity contribution is 5.85. The minimum absolute atomic E-state index is 0.0859. The molecule has 3 saturated carbocycles. The summed E-state index contributed by atoms with van der Waals surface area (Å²) in [5.74, 6) is -1.52. The van der Waals surface area contributed by atoms with E-state index in [0.717, 1.165) is 32.1 Å². The first-order chi connectivity index (χ1) is 23.0. The third-order valence-electron chi connectivity index (χ3n) is 13.5. The summed E-state index contributed by atoms with van der Waals surface area (Å²) in [6.07, 6.45) is 3.60. The molecule has 9 atom stereocenters. The first-order valence-electron chi connectivity index (χ1n) is 18.6. The zero-order chi connectivity index (χ0) is 37.6. The molecular formula is C40H62O10. The fourth-order valence-electron chi connectivity index (χ4n) is 11.3. The Labute approximate surface area is 299 Å². The molecule has 0 aromatic carbocycles. The molecule has 0 spiro atoms. The van der Waals surface area contributed by atoms with Gasteiger partial charge in [0.2, 0.25) is 0 Å². The SMILES string of the molecule is CCOCC(=O)OC(C)(C)[C@H](OC(C)=O)[C@H](C[C@@H](C)C1=C2C[C@H](OC(C)=O)[C@H]3[C@@]4(C)CCC(=O)C(C)(C)[C@@H]4CC[C@]3(C)[C@@]2(C)CC1)OC(C)=O. The van der Waals surface area contributed by atoms with E-state index in [4.69, 9.17) is 23.7 Å². The molecule has 50 heavy (non-hydrogen) atoms. The van der Waals surface area contributed by atoms with Crippen LogP contribution in [0.25, 0.3) is 0 Å². The molecule has 10 heteroatoms. The second-order valence-electron chi connectivity index (χ2n) is 17.4. The minimum Gasteiger partial charge on any atom is -0.462 e. The van der Waals surface area contributed by atoms with Crippen molar-refractivity contribution in [2.45, 2.75) is 158 Å². The maximum absolute atomic E-state index is 13.2. The third-order valence-corrected chi connectivity index (χ3v) is 13.5. The van der Waals surface area contributed by atoms with Gasteiger partial charge in [-0.3, -0.25) is 19.2 Å². The van der Waals surface area contributed by atoms with Gasteiger partial charge in [0.25, 0.3) is 0 Å². The molecule has 0 saturated heterocycles. The van der Waals surface area contributed by atoms with Crippen molar-refractivity contribution < 1.29 is 47.7 Å². The predicted molar refractivity (Wildman–Crippen MR) is 187 cm³/mol. The highest BCUT2D eigenvalue weighted by Gasteiger charge is 2.70. The van der Waals surface area contributed by atoms with Gasteiger partial charge >= 0.3 is 23.9 Å². The van der Waals surface area contributed by atoms with Gasteiger partial charge in [0.1, 0.15) is 30.2 Å². The van der Waals surface area contributed by atoms with E-state index in [-0.39, 0.29) is 52.7 Å². The molecule has 4 aliphatic carbocycles. The Morgan fingerprint density at radius 2 is 1.54 bits per heavy atom. The van der Waals surface area contributed by atoms with Gasteiger partial charge in [-0.05, 0) is 87.4 Å². The summed E-state index contributed by atoms with van der Waals surface area (Å²) in [7, 11) is 0. The fraction of sp³-hybridized carbons (Fsp3) is 0.825. The van der Waals surface area contributed by atoms with Crippen LogP contribution in [0.2, 0.25) is 0 Å². The number of ketones is 1. The molecule has 0 amide bonds. The molecule has 0 unspecified atom stereocenters. The molecule has 0 aromatic heterocycles. The largest absolute Gasteiger partial charge is 0.462 e. The molecule has 282 valence electrons. The Bertz CT molecular complexity index is 1390. The van der Waals surface area contributed by atoms with E-state index in [2.05, 4.69) is 41.5 Å². The molecule has 0 aliphatic heterocycles. The van der Waals surface area contributed by atoms with Crippen LogP contribution in [0.4, 0.5) is 0 Å². The lowest BCUT2D eigenvalue weighted by molar-refractivity contribution is -0.217. The highest BCUT2D eigenvalue weighted by atomic mass is 16.6. The van der Waals surface area contributed by atoms with Crippen LogP contribution in [0.3, 0.4) is 0 Å². The van der Waals surface area contributed by atoms with Crippen molar-refractivity contribution in [2.24, 2.45) is 39.4 Å². The molecule has 0 heterocycles. The zero-order valence-electron chi connectivity index (χ0n) is 32.6. The van der Waals surface area contributed by atoms with Crippen molar-refractivity contribution in [2.75, 3.05) is 13.2 Å². The summed E-state index contributed by atoms with van der Waals surface area (Å²) in [4.78, 5) is 63.5. The molecule has 3 fully saturated rings. The van der Waals surface area contributed by atoms with E-state index in [1.807, 2.05) is 0 Å². The topological polar surface area (TPSA) is 132 Å². The van der Waals surface area contributed by atoms with Crippen molar-refractivity contribution in [3.63, 3.8) is 0 Å². The van der Waals surface area contributed by atoms with Crippen LogP contribution in [-0.4, -0.2) is 66.8 Å². The Kier molecular flexibility index (Phi) is 11.5. The maximum Gasteiger partial charge on any atom is 0.332 e. The number of ether oxygens (including phenoxy) is 5. The number of hydrogen-bond donors (Lipinski definition) is 0. The van der Waals surface area contributed by atoms with E-state index in [1.54, 1.807) is 20.8 Å². The highest BCUT2D eigenvalue weighted by Crippen LogP contribution is 2.74. The summed E-state index contributed by atoms with van der Waals surface area (Å²) >= 11 is 0. The molecule has 0 radical (unpaired) electrons. The number of hydrogen-bond acceptors (Lipinski definition) is 10. The minimum atomic E-state index is -1.34. The van der Waals surface area contributed by atoms with Crippen molar-refractivity contribution in [1.82, 2.24) is 0 Å². The summed E-state index contributed by atoms with van der Waals surface area (Å²) in [6.45, 7) is 22.6. The second-order valence-corrected chi connectivity index (χ2v) is 17.4. The maximum atomic E-state index is 13.2. The van der Waals surface area contributed by atoms with Gasteiger partial charge in [-0.2, -0.15) is 0 Å². The quantitative estimate of drug-likeness (QED) is 0.118. The Morgan fingerprint density at radius 3 is 2.12 bits per heavy atom. The number of carbonyl (C=O) groups is 5. The van der Waals surface area contributed by atoms with E-state index in [9.17, 15) is 24.0 Å². The van der Waals surface area contributed by atoms with Gasteiger partial charge in [-0.1, -0.05) is 52.7 Å². The normalized spacial score (nSPS) is 33.6. The first kappa shape index (κ1) is 40.0. The Hall–Kier alpha value is -2.75. The average Bonchev–Trinajstić information content (AvgIpc) is 3.33. The third kappa shape index (κ3) is 7.16. The molecule has 4 aliphatic rings. The van der Waals surface area contributed by atoms with Crippen LogP contribution in [0.15, 0.2) is 11.1 Å². The van der Waals surface area contributed by atoms with Crippen LogP contribution < -0.4 is 0 Å². The molecule has 0 bridgehead atoms. The van der Waals surface area contributed by atoms with Crippen molar-refractivity contribution in [1.29, 1.82) is 0 Å². The second kappa shape index (κ2) is 14.3. The molecular weight excluding hydrogens is 640 g/mol. The number of fused-ring (bicyclic) bond motifs is 5.